The van der Waals surface area contributed by atoms with E-state index >= 15 is 0 Å². The predicted octanol–water partition coefficient (Wildman–Crippen LogP) is 3.96. The third kappa shape index (κ3) is 3.52. The standard InChI is InChI=1S/C15H13F4N3O/c16-9-3-4-12-10(8-9)11(2-1-7-23-12)21-14-20-6-5-13(22-14)15(17,18)19/h3-6,8,11H,1-2,7H2,(H,20,21,22)/t11-/m0/s1. The van der Waals surface area contributed by atoms with Gasteiger partial charge in [0.25, 0.3) is 0 Å². The number of hydrogen-bond acceptors (Lipinski definition) is 4. The van der Waals surface area contributed by atoms with Crippen molar-refractivity contribution in [1.29, 1.82) is 0 Å². The van der Waals surface area contributed by atoms with Crippen LogP contribution in [0.5, 0.6) is 5.75 Å². The van der Waals surface area contributed by atoms with Gasteiger partial charge in [-0.1, -0.05) is 0 Å². The van der Waals surface area contributed by atoms with Crippen molar-refractivity contribution in [2.45, 2.75) is 25.1 Å². The highest BCUT2D eigenvalue weighted by Gasteiger charge is 2.33. The number of alkyl halides is 3. The van der Waals surface area contributed by atoms with E-state index in [0.717, 1.165) is 12.3 Å². The molecule has 1 aromatic heterocycles. The van der Waals surface area contributed by atoms with Gasteiger partial charge in [-0.2, -0.15) is 13.2 Å². The van der Waals surface area contributed by atoms with Gasteiger partial charge in [0, 0.05) is 11.8 Å². The van der Waals surface area contributed by atoms with Gasteiger partial charge in [0.15, 0.2) is 0 Å². The zero-order valence-corrected chi connectivity index (χ0v) is 11.9. The molecule has 8 heteroatoms. The van der Waals surface area contributed by atoms with Gasteiger partial charge in [-0.3, -0.25) is 0 Å². The first-order chi connectivity index (χ1) is 10.9. The summed E-state index contributed by atoms with van der Waals surface area (Å²) in [6.45, 7) is 0.459. The lowest BCUT2D eigenvalue weighted by Gasteiger charge is -2.19. The quantitative estimate of drug-likeness (QED) is 0.848. The van der Waals surface area contributed by atoms with E-state index in [-0.39, 0.29) is 5.95 Å². The smallest absolute Gasteiger partial charge is 0.433 e. The molecule has 0 radical (unpaired) electrons. The van der Waals surface area contributed by atoms with E-state index in [2.05, 4.69) is 15.3 Å². The van der Waals surface area contributed by atoms with Crippen molar-refractivity contribution in [3.05, 3.63) is 47.5 Å². The summed E-state index contributed by atoms with van der Waals surface area (Å²) in [7, 11) is 0. The van der Waals surface area contributed by atoms with Gasteiger partial charge in [-0.05, 0) is 37.1 Å². The molecular formula is C15H13F4N3O. The minimum Gasteiger partial charge on any atom is -0.493 e. The van der Waals surface area contributed by atoms with Crippen LogP contribution in [-0.4, -0.2) is 16.6 Å². The Kier molecular flexibility index (Phi) is 4.06. The zero-order valence-electron chi connectivity index (χ0n) is 11.9. The predicted molar refractivity (Wildman–Crippen MR) is 74.5 cm³/mol. The number of aromatic nitrogens is 2. The molecule has 0 saturated carbocycles. The number of rotatable bonds is 2. The van der Waals surface area contributed by atoms with Crippen molar-refractivity contribution in [1.82, 2.24) is 9.97 Å². The molecule has 1 N–H and O–H groups in total. The third-order valence-electron chi connectivity index (χ3n) is 3.49. The molecule has 23 heavy (non-hydrogen) atoms. The number of hydrogen-bond donors (Lipinski definition) is 1. The first-order valence-corrected chi connectivity index (χ1v) is 7.02. The number of anilines is 1. The average molecular weight is 327 g/mol. The average Bonchev–Trinajstić information content (AvgIpc) is 2.69. The number of halogens is 4. The summed E-state index contributed by atoms with van der Waals surface area (Å²) in [6, 6.07) is 4.48. The van der Waals surface area contributed by atoms with Gasteiger partial charge in [0.05, 0.1) is 12.6 Å². The Morgan fingerprint density at radius 3 is 2.83 bits per heavy atom. The maximum Gasteiger partial charge on any atom is 0.433 e. The molecule has 1 atom stereocenters. The van der Waals surface area contributed by atoms with E-state index in [1.807, 2.05) is 0 Å². The van der Waals surface area contributed by atoms with Crippen molar-refractivity contribution >= 4 is 5.95 Å². The fraction of sp³-hybridized carbons (Fsp3) is 0.333. The van der Waals surface area contributed by atoms with Crippen LogP contribution in [-0.2, 0) is 6.18 Å². The van der Waals surface area contributed by atoms with Gasteiger partial charge >= 0.3 is 6.18 Å². The zero-order chi connectivity index (χ0) is 16.4. The number of ether oxygens (including phenoxy) is 1. The molecule has 1 aliphatic rings. The molecule has 0 fully saturated rings. The van der Waals surface area contributed by atoms with Gasteiger partial charge in [-0.15, -0.1) is 0 Å². The second-order valence-electron chi connectivity index (χ2n) is 5.13. The van der Waals surface area contributed by atoms with Crippen LogP contribution >= 0.6 is 0 Å². The Labute approximate surface area is 129 Å². The Morgan fingerprint density at radius 2 is 2.04 bits per heavy atom. The number of nitrogens with one attached hydrogen (secondary N) is 1. The Balaban J connectivity index is 1.90. The Hall–Kier alpha value is -2.38. The summed E-state index contributed by atoms with van der Waals surface area (Å²) in [5.41, 5.74) is -0.483. The fourth-order valence-corrected chi connectivity index (χ4v) is 2.44. The maximum atomic E-state index is 13.5. The number of fused-ring (bicyclic) bond motifs is 1. The first-order valence-electron chi connectivity index (χ1n) is 7.02. The summed E-state index contributed by atoms with van der Waals surface area (Å²) in [5.74, 6) is -0.0821. The topological polar surface area (TPSA) is 47.0 Å². The van der Waals surface area contributed by atoms with E-state index in [4.69, 9.17) is 4.74 Å². The highest BCUT2D eigenvalue weighted by atomic mass is 19.4. The summed E-state index contributed by atoms with van der Waals surface area (Å²) in [5, 5.41) is 2.85. The molecule has 2 aromatic rings. The van der Waals surface area contributed by atoms with Crippen LogP contribution in [0.3, 0.4) is 0 Å². The molecule has 0 aliphatic carbocycles. The highest BCUT2D eigenvalue weighted by molar-refractivity contribution is 5.42. The van der Waals surface area contributed by atoms with Crippen LogP contribution in [0.1, 0.15) is 30.1 Å². The minimum atomic E-state index is -4.55. The molecule has 0 amide bonds. The molecule has 0 saturated heterocycles. The molecule has 4 nitrogen and oxygen atoms in total. The molecule has 122 valence electrons. The van der Waals surface area contributed by atoms with E-state index < -0.39 is 23.7 Å². The lowest BCUT2D eigenvalue weighted by molar-refractivity contribution is -0.141. The number of nitrogens with zero attached hydrogens (tertiary/aromatic N) is 2. The molecular weight excluding hydrogens is 314 g/mol. The summed E-state index contributed by atoms with van der Waals surface area (Å²) in [4.78, 5) is 7.30. The third-order valence-corrected chi connectivity index (χ3v) is 3.49. The molecule has 2 heterocycles. The fourth-order valence-electron chi connectivity index (χ4n) is 2.44. The molecule has 0 unspecified atom stereocenters. The molecule has 3 rings (SSSR count). The first kappa shape index (κ1) is 15.5. The van der Waals surface area contributed by atoms with Crippen molar-refractivity contribution in [3.63, 3.8) is 0 Å². The highest BCUT2D eigenvalue weighted by Crippen LogP contribution is 2.34. The van der Waals surface area contributed by atoms with Gasteiger partial charge in [0.1, 0.15) is 17.3 Å². The van der Waals surface area contributed by atoms with Gasteiger partial charge in [-0.25, -0.2) is 14.4 Å². The van der Waals surface area contributed by atoms with Crippen LogP contribution in [0.2, 0.25) is 0 Å². The van der Waals surface area contributed by atoms with Crippen molar-refractivity contribution in [2.24, 2.45) is 0 Å². The van der Waals surface area contributed by atoms with E-state index in [1.165, 1.54) is 18.2 Å². The van der Waals surface area contributed by atoms with Crippen molar-refractivity contribution in [2.75, 3.05) is 11.9 Å². The normalized spacial score (nSPS) is 17.8. The van der Waals surface area contributed by atoms with Gasteiger partial charge in [0.2, 0.25) is 5.95 Å². The van der Waals surface area contributed by atoms with E-state index in [9.17, 15) is 17.6 Å². The van der Waals surface area contributed by atoms with Crippen LogP contribution in [0.25, 0.3) is 0 Å². The largest absolute Gasteiger partial charge is 0.493 e. The second-order valence-corrected chi connectivity index (χ2v) is 5.13. The molecule has 0 bridgehead atoms. The lowest BCUT2D eigenvalue weighted by Crippen LogP contribution is -2.15. The van der Waals surface area contributed by atoms with E-state index in [0.29, 0.717) is 30.8 Å². The van der Waals surface area contributed by atoms with Crippen LogP contribution < -0.4 is 10.1 Å². The van der Waals surface area contributed by atoms with Crippen molar-refractivity contribution in [3.8, 4) is 5.75 Å². The van der Waals surface area contributed by atoms with Crippen LogP contribution in [0.15, 0.2) is 30.5 Å². The number of benzene rings is 1. The molecule has 1 aliphatic heterocycles. The SMILES string of the molecule is Fc1ccc2c(c1)[C@@H](Nc1nccc(C(F)(F)F)n1)CCCO2. The molecule has 0 spiro atoms. The minimum absolute atomic E-state index is 0.151. The summed E-state index contributed by atoms with van der Waals surface area (Å²) >= 11 is 0. The Bertz CT molecular complexity index is 705. The summed E-state index contributed by atoms with van der Waals surface area (Å²) in [6.07, 6.45) is -2.27. The van der Waals surface area contributed by atoms with Crippen LogP contribution in [0, 0.1) is 5.82 Å². The summed E-state index contributed by atoms with van der Waals surface area (Å²) < 4.78 is 57.2. The van der Waals surface area contributed by atoms with E-state index in [1.54, 1.807) is 0 Å². The second kappa shape index (κ2) is 6.02. The van der Waals surface area contributed by atoms with Crippen LogP contribution in [0.4, 0.5) is 23.5 Å². The van der Waals surface area contributed by atoms with Gasteiger partial charge < -0.3 is 10.1 Å². The maximum absolute atomic E-state index is 13.5. The Morgan fingerprint density at radius 1 is 1.22 bits per heavy atom. The monoisotopic (exact) mass is 327 g/mol. The van der Waals surface area contributed by atoms with Crippen molar-refractivity contribution < 1.29 is 22.3 Å². The molecule has 1 aromatic carbocycles. The lowest BCUT2D eigenvalue weighted by atomic mass is 10.0.